The molecule has 2 rings (SSSR count). The Morgan fingerprint density at radius 2 is 2.37 bits per heavy atom. The van der Waals surface area contributed by atoms with Crippen LogP contribution in [0.5, 0.6) is 0 Å². The zero-order valence-corrected chi connectivity index (χ0v) is 11.9. The van der Waals surface area contributed by atoms with Gasteiger partial charge in [-0.15, -0.1) is 0 Å². The molecule has 1 aliphatic heterocycles. The second kappa shape index (κ2) is 6.26. The van der Waals surface area contributed by atoms with Crippen molar-refractivity contribution in [3.05, 3.63) is 28.8 Å². The average Bonchev–Trinajstić information content (AvgIpc) is 2.39. The van der Waals surface area contributed by atoms with Crippen LogP contribution < -0.4 is 16.0 Å². The van der Waals surface area contributed by atoms with Gasteiger partial charge in [0.25, 0.3) is 0 Å². The molecule has 1 amide bonds. The molecule has 5 heteroatoms. The van der Waals surface area contributed by atoms with Gasteiger partial charge in [-0.3, -0.25) is 4.79 Å². The number of nitrogens with two attached hydrogens (primary N) is 1. The summed E-state index contributed by atoms with van der Waals surface area (Å²) < 4.78 is 0. The lowest BCUT2D eigenvalue weighted by Gasteiger charge is -2.35. The molecule has 0 saturated carbocycles. The van der Waals surface area contributed by atoms with Crippen LogP contribution in [0.25, 0.3) is 0 Å². The van der Waals surface area contributed by atoms with Crippen LogP contribution in [0.15, 0.2) is 18.2 Å². The fourth-order valence-corrected chi connectivity index (χ4v) is 2.97. The van der Waals surface area contributed by atoms with Crippen LogP contribution in [0, 0.1) is 5.92 Å². The number of amides is 1. The number of carbonyl (C=O) groups excluding carboxylic acids is 1. The molecule has 1 fully saturated rings. The summed E-state index contributed by atoms with van der Waals surface area (Å²) in [5.41, 5.74) is 7.62. The zero-order valence-electron chi connectivity index (χ0n) is 11.2. The summed E-state index contributed by atoms with van der Waals surface area (Å²) in [6.07, 6.45) is 1.84. The molecule has 19 heavy (non-hydrogen) atoms. The van der Waals surface area contributed by atoms with Gasteiger partial charge >= 0.3 is 0 Å². The van der Waals surface area contributed by atoms with Crippen LogP contribution in [0.3, 0.4) is 0 Å². The molecule has 1 unspecified atom stereocenters. The van der Waals surface area contributed by atoms with Crippen molar-refractivity contribution < 1.29 is 4.79 Å². The Hall–Kier alpha value is -1.26. The van der Waals surface area contributed by atoms with Crippen molar-refractivity contribution in [2.45, 2.75) is 19.4 Å². The van der Waals surface area contributed by atoms with Crippen LogP contribution >= 0.6 is 11.6 Å². The molecule has 1 saturated heterocycles. The molecule has 0 spiro atoms. The van der Waals surface area contributed by atoms with Crippen molar-refractivity contribution in [1.29, 1.82) is 0 Å². The van der Waals surface area contributed by atoms with E-state index in [1.807, 2.05) is 19.2 Å². The van der Waals surface area contributed by atoms with Crippen molar-refractivity contribution >= 4 is 23.2 Å². The number of anilines is 1. The van der Waals surface area contributed by atoms with E-state index in [4.69, 9.17) is 17.3 Å². The minimum atomic E-state index is -0.216. The minimum Gasteiger partial charge on any atom is -0.369 e. The van der Waals surface area contributed by atoms with E-state index in [1.165, 1.54) is 0 Å². The molecule has 104 valence electrons. The lowest BCUT2D eigenvalue weighted by Crippen LogP contribution is -2.41. The van der Waals surface area contributed by atoms with Crippen molar-refractivity contribution in [2.24, 2.45) is 11.7 Å². The van der Waals surface area contributed by atoms with Gasteiger partial charge in [0.05, 0.1) is 16.6 Å². The smallest absolute Gasteiger partial charge is 0.222 e. The number of carbonyl (C=O) groups is 1. The molecule has 1 atom stereocenters. The number of primary amides is 1. The largest absolute Gasteiger partial charge is 0.369 e. The first-order valence-corrected chi connectivity index (χ1v) is 6.97. The fraction of sp³-hybridized carbons (Fsp3) is 0.500. The summed E-state index contributed by atoms with van der Waals surface area (Å²) in [6.45, 7) is 2.34. The van der Waals surface area contributed by atoms with Crippen LogP contribution in [0.2, 0.25) is 5.02 Å². The monoisotopic (exact) mass is 281 g/mol. The van der Waals surface area contributed by atoms with Gasteiger partial charge < -0.3 is 16.0 Å². The Kier molecular flexibility index (Phi) is 4.66. The molecular weight excluding hydrogens is 262 g/mol. The Labute approximate surface area is 118 Å². The zero-order chi connectivity index (χ0) is 13.8. The summed E-state index contributed by atoms with van der Waals surface area (Å²) in [7, 11) is 1.91. The third-order valence-electron chi connectivity index (χ3n) is 3.58. The molecule has 0 bridgehead atoms. The van der Waals surface area contributed by atoms with E-state index in [9.17, 15) is 4.79 Å². The highest BCUT2D eigenvalue weighted by molar-refractivity contribution is 6.33. The van der Waals surface area contributed by atoms with Crippen molar-refractivity contribution in [3.63, 3.8) is 0 Å². The minimum absolute atomic E-state index is 0.0764. The first-order valence-electron chi connectivity index (χ1n) is 6.59. The molecule has 0 aromatic heterocycles. The lowest BCUT2D eigenvalue weighted by molar-refractivity contribution is -0.122. The normalized spacial score (nSPS) is 19.5. The van der Waals surface area contributed by atoms with Gasteiger partial charge in [-0.05, 0) is 31.5 Å². The predicted octanol–water partition coefficient (Wildman–Crippen LogP) is 1.76. The number of nitrogens with one attached hydrogen (secondary N) is 1. The summed E-state index contributed by atoms with van der Waals surface area (Å²) >= 11 is 6.34. The van der Waals surface area contributed by atoms with Crippen LogP contribution in [0.1, 0.15) is 18.4 Å². The number of nitrogens with zero attached hydrogens (tertiary/aromatic N) is 1. The van der Waals surface area contributed by atoms with Crippen molar-refractivity contribution in [2.75, 3.05) is 25.0 Å². The maximum atomic E-state index is 11.4. The standard InChI is InChI=1S/C14H20ClN3O/c1-17-8-10-4-2-6-12(15)13(10)18-7-3-5-11(9-18)14(16)19/h2,4,6,11,17H,3,5,7-9H2,1H3,(H2,16,19). The summed E-state index contributed by atoms with van der Waals surface area (Å²) in [6, 6.07) is 5.91. The fourth-order valence-electron chi connectivity index (χ4n) is 2.66. The van der Waals surface area contributed by atoms with E-state index < -0.39 is 0 Å². The molecule has 3 N–H and O–H groups in total. The highest BCUT2D eigenvalue weighted by atomic mass is 35.5. The Morgan fingerprint density at radius 1 is 1.58 bits per heavy atom. The van der Waals surface area contributed by atoms with Crippen molar-refractivity contribution in [1.82, 2.24) is 5.32 Å². The number of halogens is 1. The highest BCUT2D eigenvalue weighted by Gasteiger charge is 2.26. The Balaban J connectivity index is 2.27. The predicted molar refractivity (Wildman–Crippen MR) is 78.3 cm³/mol. The van der Waals surface area contributed by atoms with Gasteiger partial charge in [0.15, 0.2) is 0 Å². The number of hydrogen-bond acceptors (Lipinski definition) is 3. The van der Waals surface area contributed by atoms with Gasteiger partial charge in [-0.1, -0.05) is 23.7 Å². The second-order valence-electron chi connectivity index (χ2n) is 4.97. The lowest BCUT2D eigenvalue weighted by atomic mass is 9.96. The van der Waals surface area contributed by atoms with Gasteiger partial charge in [-0.2, -0.15) is 0 Å². The van der Waals surface area contributed by atoms with Gasteiger partial charge in [-0.25, -0.2) is 0 Å². The van der Waals surface area contributed by atoms with E-state index in [1.54, 1.807) is 0 Å². The molecule has 0 aliphatic carbocycles. The van der Waals surface area contributed by atoms with Crippen LogP contribution in [-0.2, 0) is 11.3 Å². The summed E-state index contributed by atoms with van der Waals surface area (Å²) in [4.78, 5) is 13.6. The molecular formula is C14H20ClN3O. The number of rotatable bonds is 4. The van der Waals surface area contributed by atoms with E-state index in [0.29, 0.717) is 6.54 Å². The van der Waals surface area contributed by atoms with Gasteiger partial charge in [0, 0.05) is 19.6 Å². The van der Waals surface area contributed by atoms with Gasteiger partial charge in [0.2, 0.25) is 5.91 Å². The maximum absolute atomic E-state index is 11.4. The Bertz CT molecular complexity index is 464. The summed E-state index contributed by atoms with van der Waals surface area (Å²) in [5.74, 6) is -0.292. The number of hydrogen-bond donors (Lipinski definition) is 2. The maximum Gasteiger partial charge on any atom is 0.222 e. The van der Waals surface area contributed by atoms with E-state index in [2.05, 4.69) is 16.3 Å². The van der Waals surface area contributed by atoms with E-state index in [0.717, 1.165) is 42.2 Å². The summed E-state index contributed by atoms with van der Waals surface area (Å²) in [5, 5.41) is 3.88. The average molecular weight is 282 g/mol. The third-order valence-corrected chi connectivity index (χ3v) is 3.88. The molecule has 1 aliphatic rings. The second-order valence-corrected chi connectivity index (χ2v) is 5.37. The molecule has 1 aromatic carbocycles. The first-order chi connectivity index (χ1) is 9.13. The molecule has 0 radical (unpaired) electrons. The van der Waals surface area contributed by atoms with E-state index in [-0.39, 0.29) is 11.8 Å². The first kappa shape index (κ1) is 14.2. The van der Waals surface area contributed by atoms with Gasteiger partial charge in [0.1, 0.15) is 0 Å². The SMILES string of the molecule is CNCc1cccc(Cl)c1N1CCCC(C(N)=O)C1. The number of benzene rings is 1. The molecule has 1 aromatic rings. The van der Waals surface area contributed by atoms with Crippen LogP contribution in [0.4, 0.5) is 5.69 Å². The van der Waals surface area contributed by atoms with Crippen molar-refractivity contribution in [3.8, 4) is 0 Å². The quantitative estimate of drug-likeness (QED) is 0.884. The highest BCUT2D eigenvalue weighted by Crippen LogP contribution is 2.33. The molecule has 4 nitrogen and oxygen atoms in total. The number of para-hydroxylation sites is 1. The van der Waals surface area contributed by atoms with Crippen LogP contribution in [-0.4, -0.2) is 26.0 Å². The Morgan fingerprint density at radius 3 is 3.05 bits per heavy atom. The molecule has 1 heterocycles. The number of piperidine rings is 1. The van der Waals surface area contributed by atoms with E-state index >= 15 is 0 Å². The topological polar surface area (TPSA) is 58.4 Å². The third kappa shape index (κ3) is 3.19.